The minimum Gasteiger partial charge on any atom is -0.494 e. The minimum absolute atomic E-state index is 0.141. The van der Waals surface area contributed by atoms with E-state index in [0.717, 1.165) is 22.0 Å². The highest BCUT2D eigenvalue weighted by Gasteiger charge is 2.18. The summed E-state index contributed by atoms with van der Waals surface area (Å²) in [5.74, 6) is 6.51. The lowest BCUT2D eigenvalue weighted by atomic mass is 10.0. The zero-order valence-electron chi connectivity index (χ0n) is 10.5. The van der Waals surface area contributed by atoms with Gasteiger partial charge in [-0.25, -0.2) is 10.4 Å². The molecule has 96 valence electrons. The number of thiazole rings is 1. The summed E-state index contributed by atoms with van der Waals surface area (Å²) in [5, 5.41) is 3.04. The molecule has 1 atom stereocenters. The van der Waals surface area contributed by atoms with Crippen molar-refractivity contribution in [1.82, 2.24) is 10.4 Å². The summed E-state index contributed by atoms with van der Waals surface area (Å²) in [5.41, 5.74) is 4.74. The van der Waals surface area contributed by atoms with Crippen LogP contribution >= 0.6 is 11.3 Å². The van der Waals surface area contributed by atoms with Gasteiger partial charge in [-0.1, -0.05) is 18.2 Å². The lowest BCUT2D eigenvalue weighted by molar-refractivity contribution is 0.333. The Morgan fingerprint density at radius 1 is 1.44 bits per heavy atom. The van der Waals surface area contributed by atoms with E-state index in [-0.39, 0.29) is 6.04 Å². The van der Waals surface area contributed by atoms with Gasteiger partial charge in [0.1, 0.15) is 5.75 Å². The van der Waals surface area contributed by atoms with Gasteiger partial charge in [-0.15, -0.1) is 11.3 Å². The monoisotopic (exact) mass is 263 g/mol. The molecule has 1 aromatic heterocycles. The Morgan fingerprint density at radius 3 is 2.83 bits per heavy atom. The lowest BCUT2D eigenvalue weighted by Crippen LogP contribution is -2.29. The predicted octanol–water partition coefficient (Wildman–Crippen LogP) is 2.40. The third kappa shape index (κ3) is 2.69. The molecule has 0 amide bonds. The minimum atomic E-state index is -0.141. The van der Waals surface area contributed by atoms with E-state index in [1.54, 1.807) is 11.3 Å². The number of para-hydroxylation sites is 1. The second-order valence-electron chi connectivity index (χ2n) is 3.86. The van der Waals surface area contributed by atoms with E-state index >= 15 is 0 Å². The lowest BCUT2D eigenvalue weighted by Gasteiger charge is -2.17. The van der Waals surface area contributed by atoms with Crippen LogP contribution in [0.3, 0.4) is 0 Å². The number of nitrogens with one attached hydrogen (secondary N) is 1. The van der Waals surface area contributed by atoms with Gasteiger partial charge >= 0.3 is 0 Å². The van der Waals surface area contributed by atoms with Crippen LogP contribution in [0.15, 0.2) is 29.6 Å². The number of ether oxygens (including phenoxy) is 1. The molecular formula is C13H17N3OS. The number of hydrazine groups is 1. The van der Waals surface area contributed by atoms with E-state index in [9.17, 15) is 0 Å². The number of rotatable bonds is 5. The van der Waals surface area contributed by atoms with Crippen LogP contribution in [-0.2, 0) is 0 Å². The molecule has 1 heterocycles. The van der Waals surface area contributed by atoms with Crippen LogP contribution in [0.2, 0.25) is 0 Å². The van der Waals surface area contributed by atoms with Crippen LogP contribution in [0.25, 0.3) is 0 Å². The molecule has 5 heteroatoms. The van der Waals surface area contributed by atoms with Gasteiger partial charge in [-0.3, -0.25) is 5.84 Å². The van der Waals surface area contributed by atoms with Crippen LogP contribution in [0.1, 0.15) is 29.2 Å². The molecule has 0 aliphatic rings. The molecule has 0 saturated carbocycles. The fourth-order valence-electron chi connectivity index (χ4n) is 1.85. The summed E-state index contributed by atoms with van der Waals surface area (Å²) >= 11 is 1.61. The van der Waals surface area contributed by atoms with Gasteiger partial charge in [-0.2, -0.15) is 0 Å². The van der Waals surface area contributed by atoms with E-state index < -0.39 is 0 Å². The normalized spacial score (nSPS) is 12.4. The zero-order valence-corrected chi connectivity index (χ0v) is 11.3. The van der Waals surface area contributed by atoms with Crippen molar-refractivity contribution in [2.45, 2.75) is 19.9 Å². The molecule has 2 aromatic rings. The van der Waals surface area contributed by atoms with Crippen LogP contribution < -0.4 is 16.0 Å². The summed E-state index contributed by atoms with van der Waals surface area (Å²) in [6.45, 7) is 4.58. The molecule has 4 nitrogen and oxygen atoms in total. The Labute approximate surface area is 111 Å². The molecule has 0 aliphatic heterocycles. The topological polar surface area (TPSA) is 60.2 Å². The Bertz CT molecular complexity index is 512. The van der Waals surface area contributed by atoms with E-state index in [1.807, 2.05) is 43.5 Å². The molecule has 0 saturated heterocycles. The third-order valence-corrected chi connectivity index (χ3v) is 3.42. The van der Waals surface area contributed by atoms with Gasteiger partial charge in [-0.05, 0) is 19.9 Å². The average molecular weight is 263 g/mol. The third-order valence-electron chi connectivity index (χ3n) is 2.63. The number of hydrogen-bond donors (Lipinski definition) is 2. The van der Waals surface area contributed by atoms with Crippen LogP contribution in [-0.4, -0.2) is 11.6 Å². The van der Waals surface area contributed by atoms with Crippen molar-refractivity contribution in [2.75, 3.05) is 6.61 Å². The van der Waals surface area contributed by atoms with Gasteiger partial charge in [0.15, 0.2) is 0 Å². The highest BCUT2D eigenvalue weighted by atomic mass is 32.1. The van der Waals surface area contributed by atoms with Crippen LogP contribution in [0, 0.1) is 6.92 Å². The van der Waals surface area contributed by atoms with Gasteiger partial charge in [0.25, 0.3) is 0 Å². The van der Waals surface area contributed by atoms with Gasteiger partial charge < -0.3 is 4.74 Å². The SMILES string of the molecule is CCOc1ccccc1C(NN)c1csc(C)n1. The summed E-state index contributed by atoms with van der Waals surface area (Å²) in [4.78, 5) is 4.48. The number of nitrogens with zero attached hydrogens (tertiary/aromatic N) is 1. The second-order valence-corrected chi connectivity index (χ2v) is 4.92. The maximum Gasteiger partial charge on any atom is 0.124 e. The summed E-state index contributed by atoms with van der Waals surface area (Å²) in [7, 11) is 0. The fraction of sp³-hybridized carbons (Fsp3) is 0.308. The number of aryl methyl sites for hydroxylation is 1. The molecule has 0 fully saturated rings. The first kappa shape index (κ1) is 13.0. The molecule has 0 aliphatic carbocycles. The highest BCUT2D eigenvalue weighted by molar-refractivity contribution is 7.09. The molecular weight excluding hydrogens is 246 g/mol. The molecule has 18 heavy (non-hydrogen) atoms. The van der Waals surface area contributed by atoms with Gasteiger partial charge in [0.2, 0.25) is 0 Å². The Kier molecular flexibility index (Phi) is 4.30. The highest BCUT2D eigenvalue weighted by Crippen LogP contribution is 2.29. The van der Waals surface area contributed by atoms with Crippen molar-refractivity contribution in [2.24, 2.45) is 5.84 Å². The average Bonchev–Trinajstić information content (AvgIpc) is 2.79. The summed E-state index contributed by atoms with van der Waals surface area (Å²) < 4.78 is 5.63. The maximum absolute atomic E-state index is 5.67. The predicted molar refractivity (Wildman–Crippen MR) is 73.6 cm³/mol. The van der Waals surface area contributed by atoms with Crippen molar-refractivity contribution in [1.29, 1.82) is 0 Å². The fourth-order valence-corrected chi connectivity index (χ4v) is 2.49. The van der Waals surface area contributed by atoms with E-state index in [1.165, 1.54) is 0 Å². The summed E-state index contributed by atoms with van der Waals surface area (Å²) in [6.07, 6.45) is 0. The quantitative estimate of drug-likeness (QED) is 0.642. The Balaban J connectivity index is 2.38. The van der Waals surface area contributed by atoms with E-state index in [0.29, 0.717) is 6.61 Å². The van der Waals surface area contributed by atoms with Crippen molar-refractivity contribution in [3.63, 3.8) is 0 Å². The zero-order chi connectivity index (χ0) is 13.0. The molecule has 0 bridgehead atoms. The molecule has 2 rings (SSSR count). The van der Waals surface area contributed by atoms with E-state index in [4.69, 9.17) is 10.6 Å². The number of benzene rings is 1. The molecule has 0 spiro atoms. The van der Waals surface area contributed by atoms with Crippen LogP contribution in [0.5, 0.6) is 5.75 Å². The van der Waals surface area contributed by atoms with Gasteiger partial charge in [0, 0.05) is 10.9 Å². The number of hydrogen-bond acceptors (Lipinski definition) is 5. The number of aromatic nitrogens is 1. The molecule has 1 aromatic carbocycles. The van der Waals surface area contributed by atoms with Crippen molar-refractivity contribution in [3.05, 3.63) is 45.9 Å². The van der Waals surface area contributed by atoms with Gasteiger partial charge in [0.05, 0.1) is 23.4 Å². The molecule has 0 radical (unpaired) electrons. The Hall–Kier alpha value is -1.43. The van der Waals surface area contributed by atoms with E-state index in [2.05, 4.69) is 10.4 Å². The molecule has 3 N–H and O–H groups in total. The maximum atomic E-state index is 5.67. The second kappa shape index (κ2) is 5.95. The molecule has 1 unspecified atom stereocenters. The van der Waals surface area contributed by atoms with Crippen molar-refractivity contribution >= 4 is 11.3 Å². The standard InChI is InChI=1S/C13H17N3OS/c1-3-17-12-7-5-4-6-10(12)13(16-14)11-8-18-9(2)15-11/h4-8,13,16H,3,14H2,1-2H3. The Morgan fingerprint density at radius 2 is 2.22 bits per heavy atom. The van der Waals surface area contributed by atoms with Crippen molar-refractivity contribution in [3.8, 4) is 5.75 Å². The largest absolute Gasteiger partial charge is 0.494 e. The smallest absolute Gasteiger partial charge is 0.124 e. The first-order valence-corrected chi connectivity index (χ1v) is 6.74. The number of nitrogens with two attached hydrogens (primary N) is 1. The first-order valence-electron chi connectivity index (χ1n) is 5.86. The first-order chi connectivity index (χ1) is 8.76. The van der Waals surface area contributed by atoms with Crippen LogP contribution in [0.4, 0.5) is 0 Å². The summed E-state index contributed by atoms with van der Waals surface area (Å²) in [6, 6.07) is 7.74. The van der Waals surface area contributed by atoms with Crippen molar-refractivity contribution < 1.29 is 4.74 Å².